The lowest BCUT2D eigenvalue weighted by Gasteiger charge is -2.23. The Labute approximate surface area is 237 Å². The van der Waals surface area contributed by atoms with Crippen LogP contribution >= 0.6 is 0 Å². The summed E-state index contributed by atoms with van der Waals surface area (Å²) in [4.78, 5) is 4.53. The van der Waals surface area contributed by atoms with Gasteiger partial charge in [0.15, 0.2) is 0 Å². The average Bonchev–Trinajstić information content (AvgIpc) is 3.61. The molecule has 8 aromatic rings. The van der Waals surface area contributed by atoms with Crippen LogP contribution in [0.1, 0.15) is 25.0 Å². The molecule has 3 heteroatoms. The van der Waals surface area contributed by atoms with Gasteiger partial charge in [-0.2, -0.15) is 0 Å². The topological polar surface area (TPSA) is 22.8 Å². The molecule has 3 heterocycles. The highest BCUT2D eigenvalue weighted by Gasteiger charge is 2.38. The summed E-state index contributed by atoms with van der Waals surface area (Å²) in [6.07, 6.45) is 3.89. The summed E-state index contributed by atoms with van der Waals surface area (Å²) < 4.78 is 4.85. The summed E-state index contributed by atoms with van der Waals surface area (Å²) in [6, 6.07) is 42.1. The van der Waals surface area contributed by atoms with Crippen LogP contribution in [-0.4, -0.2) is 14.1 Å². The number of para-hydroxylation sites is 2. The van der Waals surface area contributed by atoms with Crippen molar-refractivity contribution < 1.29 is 0 Å². The molecule has 0 amide bonds. The van der Waals surface area contributed by atoms with Crippen molar-refractivity contribution >= 4 is 43.6 Å². The second-order valence-electron chi connectivity index (χ2n) is 11.7. The van der Waals surface area contributed by atoms with Crippen molar-refractivity contribution in [3.05, 3.63) is 139 Å². The van der Waals surface area contributed by atoms with Crippen LogP contribution in [0.4, 0.5) is 0 Å². The second kappa shape index (κ2) is 7.96. The van der Waals surface area contributed by atoms with Gasteiger partial charge in [-0.25, -0.2) is 0 Å². The Morgan fingerprint density at radius 2 is 1.29 bits per heavy atom. The zero-order chi connectivity index (χ0) is 27.3. The van der Waals surface area contributed by atoms with Gasteiger partial charge in [0.2, 0.25) is 0 Å². The number of nitrogens with zero attached hydrogens (tertiary/aromatic N) is 3. The predicted octanol–water partition coefficient (Wildman–Crippen LogP) is 9.58. The van der Waals surface area contributed by atoms with E-state index in [1.54, 1.807) is 0 Å². The molecule has 0 saturated carbocycles. The molecule has 3 nitrogen and oxygen atoms in total. The van der Waals surface area contributed by atoms with Gasteiger partial charge in [0.05, 0.1) is 22.1 Å². The molecular formula is C38H27N3. The Morgan fingerprint density at radius 1 is 0.537 bits per heavy atom. The molecule has 0 bridgehead atoms. The molecular weight excluding hydrogens is 498 g/mol. The number of hydrogen-bond acceptors (Lipinski definition) is 1. The maximum absolute atomic E-state index is 4.53. The van der Waals surface area contributed by atoms with Gasteiger partial charge in [-0.3, -0.25) is 4.98 Å². The van der Waals surface area contributed by atoms with E-state index in [9.17, 15) is 0 Å². The van der Waals surface area contributed by atoms with Crippen LogP contribution in [0, 0.1) is 0 Å². The molecule has 0 radical (unpaired) electrons. The van der Waals surface area contributed by atoms with Crippen LogP contribution < -0.4 is 0 Å². The van der Waals surface area contributed by atoms with E-state index in [2.05, 4.69) is 143 Å². The summed E-state index contributed by atoms with van der Waals surface area (Å²) in [6.45, 7) is 4.75. The lowest BCUT2D eigenvalue weighted by Crippen LogP contribution is -2.16. The number of benzene rings is 5. The lowest BCUT2D eigenvalue weighted by atomic mass is 9.81. The van der Waals surface area contributed by atoms with Crippen molar-refractivity contribution in [2.75, 3.05) is 0 Å². The van der Waals surface area contributed by atoms with Crippen LogP contribution in [0.15, 0.2) is 128 Å². The Morgan fingerprint density at radius 3 is 2.20 bits per heavy atom. The average molecular weight is 526 g/mol. The highest BCUT2D eigenvalue weighted by Crippen LogP contribution is 2.53. The number of rotatable bonds is 2. The van der Waals surface area contributed by atoms with Crippen molar-refractivity contribution in [3.8, 4) is 22.5 Å². The monoisotopic (exact) mass is 525 g/mol. The molecule has 3 aromatic heterocycles. The zero-order valence-electron chi connectivity index (χ0n) is 23.0. The second-order valence-corrected chi connectivity index (χ2v) is 11.7. The Bertz CT molecular complexity index is 2330. The third kappa shape index (κ3) is 2.90. The molecule has 0 fully saturated rings. The van der Waals surface area contributed by atoms with E-state index in [0.29, 0.717) is 0 Å². The van der Waals surface area contributed by atoms with E-state index in [-0.39, 0.29) is 5.41 Å². The minimum absolute atomic E-state index is 0.116. The summed E-state index contributed by atoms with van der Waals surface area (Å²) in [7, 11) is 0. The van der Waals surface area contributed by atoms with E-state index in [4.69, 9.17) is 0 Å². The van der Waals surface area contributed by atoms with Gasteiger partial charge < -0.3 is 9.13 Å². The fourth-order valence-corrected chi connectivity index (χ4v) is 7.43. The summed E-state index contributed by atoms with van der Waals surface area (Å²) >= 11 is 0. The lowest BCUT2D eigenvalue weighted by molar-refractivity contribution is 0.664. The Balaban J connectivity index is 1.41. The van der Waals surface area contributed by atoms with Gasteiger partial charge in [0.1, 0.15) is 0 Å². The highest BCUT2D eigenvalue weighted by molar-refractivity contribution is 6.14. The van der Waals surface area contributed by atoms with Crippen molar-refractivity contribution in [1.82, 2.24) is 14.1 Å². The number of aromatic nitrogens is 3. The molecule has 0 aliphatic heterocycles. The van der Waals surface area contributed by atoms with Gasteiger partial charge in [-0.05, 0) is 64.7 Å². The third-order valence-corrected chi connectivity index (χ3v) is 9.18. The smallest absolute Gasteiger partial charge is 0.0588 e. The first-order valence-electron chi connectivity index (χ1n) is 14.2. The van der Waals surface area contributed by atoms with Crippen LogP contribution in [0.3, 0.4) is 0 Å². The fraction of sp³-hybridized carbons (Fsp3) is 0.0789. The summed E-state index contributed by atoms with van der Waals surface area (Å²) in [5.74, 6) is 0. The molecule has 1 aliphatic carbocycles. The molecule has 0 N–H and O–H groups in total. The number of pyridine rings is 1. The molecule has 0 saturated heterocycles. The quantitative estimate of drug-likeness (QED) is 0.220. The molecule has 0 spiro atoms. The van der Waals surface area contributed by atoms with Gasteiger partial charge >= 0.3 is 0 Å². The largest absolute Gasteiger partial charge is 0.309 e. The molecule has 41 heavy (non-hydrogen) atoms. The Hall–Kier alpha value is -5.15. The van der Waals surface area contributed by atoms with E-state index in [1.807, 2.05) is 12.4 Å². The van der Waals surface area contributed by atoms with Crippen LogP contribution in [0.5, 0.6) is 0 Å². The van der Waals surface area contributed by atoms with Crippen molar-refractivity contribution in [2.24, 2.45) is 0 Å². The number of hydrogen-bond donors (Lipinski definition) is 0. The van der Waals surface area contributed by atoms with E-state index in [0.717, 1.165) is 16.6 Å². The Kier molecular flexibility index (Phi) is 4.39. The molecule has 5 aromatic carbocycles. The predicted molar refractivity (Wildman–Crippen MR) is 170 cm³/mol. The summed E-state index contributed by atoms with van der Waals surface area (Å²) in [5, 5.41) is 4.95. The standard InChI is InChI=1S/C38H27N3/c1-38(2)32-14-8-6-12-26(32)28-17-18-29-27-13-7-9-15-33(27)41(37(29)36(28)38)25-16-19-34-30(22-25)31-23-39-21-20-35(31)40(34)24-10-4-3-5-11-24/h3-23H,1-2H3. The fourth-order valence-electron chi connectivity index (χ4n) is 7.43. The first kappa shape index (κ1) is 22.6. The van der Waals surface area contributed by atoms with Crippen molar-refractivity contribution in [2.45, 2.75) is 19.3 Å². The number of fused-ring (bicyclic) bond motifs is 10. The first-order valence-corrected chi connectivity index (χ1v) is 14.2. The summed E-state index contributed by atoms with van der Waals surface area (Å²) in [5.41, 5.74) is 12.6. The minimum Gasteiger partial charge on any atom is -0.309 e. The molecule has 0 atom stereocenters. The normalized spacial score (nSPS) is 13.8. The first-order chi connectivity index (χ1) is 20.1. The van der Waals surface area contributed by atoms with Gasteiger partial charge in [-0.1, -0.05) is 86.6 Å². The van der Waals surface area contributed by atoms with Crippen LogP contribution in [-0.2, 0) is 5.41 Å². The van der Waals surface area contributed by atoms with E-state index in [1.165, 1.54) is 60.6 Å². The minimum atomic E-state index is -0.116. The maximum Gasteiger partial charge on any atom is 0.0588 e. The SMILES string of the molecule is CC1(C)c2ccccc2-c2ccc3c4ccccc4n(-c4ccc5c(c4)c4cnccc4n5-c4ccccc4)c3c21. The molecule has 9 rings (SSSR count). The van der Waals surface area contributed by atoms with Crippen LogP contribution in [0.2, 0.25) is 0 Å². The van der Waals surface area contributed by atoms with Gasteiger partial charge in [0, 0.05) is 50.7 Å². The van der Waals surface area contributed by atoms with Crippen LogP contribution in [0.25, 0.3) is 66.1 Å². The van der Waals surface area contributed by atoms with Crippen molar-refractivity contribution in [3.63, 3.8) is 0 Å². The third-order valence-electron chi connectivity index (χ3n) is 9.18. The molecule has 194 valence electrons. The van der Waals surface area contributed by atoms with Crippen molar-refractivity contribution in [1.29, 1.82) is 0 Å². The van der Waals surface area contributed by atoms with E-state index < -0.39 is 0 Å². The molecule has 1 aliphatic rings. The van der Waals surface area contributed by atoms with E-state index >= 15 is 0 Å². The van der Waals surface area contributed by atoms with Gasteiger partial charge in [0.25, 0.3) is 0 Å². The zero-order valence-corrected chi connectivity index (χ0v) is 23.0. The highest BCUT2D eigenvalue weighted by atomic mass is 15.0. The van der Waals surface area contributed by atoms with Gasteiger partial charge in [-0.15, -0.1) is 0 Å². The molecule has 0 unspecified atom stereocenters. The maximum atomic E-state index is 4.53.